The third-order valence-corrected chi connectivity index (χ3v) is 4.88. The fraction of sp³-hybridized carbons (Fsp3) is 0.875. The Morgan fingerprint density at radius 3 is 2.64 bits per heavy atom. The zero-order chi connectivity index (χ0) is 10.4. The molecule has 2 heterocycles. The van der Waals surface area contributed by atoms with Gasteiger partial charge in [-0.1, -0.05) is 0 Å². The van der Waals surface area contributed by atoms with E-state index in [9.17, 15) is 13.2 Å². The summed E-state index contributed by atoms with van der Waals surface area (Å²) >= 11 is 0. The molecule has 0 spiro atoms. The number of nitrogens with one attached hydrogen (secondary N) is 1. The topological polar surface area (TPSA) is 66.5 Å². The van der Waals surface area contributed by atoms with Gasteiger partial charge in [-0.15, -0.1) is 0 Å². The van der Waals surface area contributed by atoms with Crippen LogP contribution < -0.4 is 5.32 Å². The Morgan fingerprint density at radius 2 is 2.21 bits per heavy atom. The van der Waals surface area contributed by atoms with Gasteiger partial charge in [0.1, 0.15) is 0 Å². The molecule has 2 aliphatic rings. The van der Waals surface area contributed by atoms with Gasteiger partial charge in [0.05, 0.1) is 17.0 Å². The van der Waals surface area contributed by atoms with E-state index in [1.807, 2.05) is 6.92 Å². The number of urea groups is 1. The largest absolute Gasteiger partial charge is 0.336 e. The van der Waals surface area contributed by atoms with Crippen molar-refractivity contribution in [1.82, 2.24) is 10.2 Å². The second-order valence-electron chi connectivity index (χ2n) is 4.22. The van der Waals surface area contributed by atoms with Gasteiger partial charge in [0.2, 0.25) is 0 Å². The highest BCUT2D eigenvalue weighted by molar-refractivity contribution is 7.91. The summed E-state index contributed by atoms with van der Waals surface area (Å²) in [5, 5.41) is 2.69. The highest BCUT2D eigenvalue weighted by atomic mass is 32.2. The number of hydrogen-bond donors (Lipinski definition) is 1. The van der Waals surface area contributed by atoms with Crippen molar-refractivity contribution in [2.75, 3.05) is 24.6 Å². The van der Waals surface area contributed by atoms with Crippen molar-refractivity contribution < 1.29 is 13.2 Å². The lowest BCUT2D eigenvalue weighted by Gasteiger charge is -2.32. The molecule has 0 radical (unpaired) electrons. The van der Waals surface area contributed by atoms with Crippen LogP contribution in [0.2, 0.25) is 0 Å². The average molecular weight is 218 g/mol. The van der Waals surface area contributed by atoms with Crippen molar-refractivity contribution in [3.8, 4) is 0 Å². The van der Waals surface area contributed by atoms with Crippen LogP contribution in [-0.2, 0) is 9.84 Å². The quantitative estimate of drug-likeness (QED) is 0.650. The first kappa shape index (κ1) is 9.76. The van der Waals surface area contributed by atoms with Crippen LogP contribution in [0.3, 0.4) is 0 Å². The summed E-state index contributed by atoms with van der Waals surface area (Å²) in [5.41, 5.74) is -0.487. The molecular formula is C8H14N2O3S. The Labute approximate surface area is 83.4 Å². The summed E-state index contributed by atoms with van der Waals surface area (Å²) in [4.78, 5) is 13.0. The molecule has 0 aliphatic carbocycles. The molecule has 0 aromatic carbocycles. The smallest absolute Gasteiger partial charge is 0.318 e. The average Bonchev–Trinajstić information content (AvgIpc) is 2.57. The first-order chi connectivity index (χ1) is 6.43. The van der Waals surface area contributed by atoms with E-state index in [1.165, 1.54) is 0 Å². The second kappa shape index (κ2) is 2.85. The van der Waals surface area contributed by atoms with E-state index in [0.29, 0.717) is 19.5 Å². The summed E-state index contributed by atoms with van der Waals surface area (Å²) in [7, 11) is -2.94. The Kier molecular flexibility index (Phi) is 1.99. The molecule has 0 aromatic heterocycles. The Bertz CT molecular complexity index is 365. The molecule has 80 valence electrons. The van der Waals surface area contributed by atoms with Gasteiger partial charge < -0.3 is 10.2 Å². The minimum atomic E-state index is -2.94. The van der Waals surface area contributed by atoms with Crippen LogP contribution >= 0.6 is 0 Å². The number of sulfone groups is 1. The van der Waals surface area contributed by atoms with Crippen molar-refractivity contribution >= 4 is 15.9 Å². The van der Waals surface area contributed by atoms with E-state index in [-0.39, 0.29) is 17.5 Å². The number of carbonyl (C=O) groups is 1. The van der Waals surface area contributed by atoms with Crippen LogP contribution in [-0.4, -0.2) is 49.5 Å². The summed E-state index contributed by atoms with van der Waals surface area (Å²) in [6.45, 7) is 3.09. The Balaban J connectivity index is 2.22. The maximum absolute atomic E-state index is 11.4. The van der Waals surface area contributed by atoms with Crippen molar-refractivity contribution in [1.29, 1.82) is 0 Å². The molecule has 5 nitrogen and oxygen atoms in total. The maximum Gasteiger partial charge on any atom is 0.318 e. The van der Waals surface area contributed by atoms with Crippen LogP contribution in [0.15, 0.2) is 0 Å². The highest BCUT2D eigenvalue weighted by Gasteiger charge is 2.46. The zero-order valence-corrected chi connectivity index (χ0v) is 8.93. The number of rotatable bonds is 1. The molecule has 14 heavy (non-hydrogen) atoms. The number of carbonyl (C=O) groups excluding carboxylic acids is 1. The van der Waals surface area contributed by atoms with Crippen LogP contribution in [0.1, 0.15) is 13.3 Å². The summed E-state index contributed by atoms with van der Waals surface area (Å²) in [5.74, 6) is 0.306. The minimum absolute atomic E-state index is 0.105. The normalized spacial score (nSPS) is 36.1. The van der Waals surface area contributed by atoms with Gasteiger partial charge in [0.15, 0.2) is 9.84 Å². The molecule has 2 aliphatic heterocycles. The molecule has 2 saturated heterocycles. The van der Waals surface area contributed by atoms with E-state index >= 15 is 0 Å². The first-order valence-electron chi connectivity index (χ1n) is 4.69. The fourth-order valence-electron chi connectivity index (χ4n) is 2.19. The SMILES string of the molecule is CC1(N2CCNC2=O)CCS(=O)(=O)C1. The van der Waals surface area contributed by atoms with Crippen LogP contribution in [0.4, 0.5) is 4.79 Å². The molecule has 0 aromatic rings. The van der Waals surface area contributed by atoms with Crippen molar-refractivity contribution in [3.63, 3.8) is 0 Å². The lowest BCUT2D eigenvalue weighted by Crippen LogP contribution is -2.48. The van der Waals surface area contributed by atoms with Gasteiger partial charge in [-0.2, -0.15) is 0 Å². The van der Waals surface area contributed by atoms with Crippen LogP contribution in [0, 0.1) is 0 Å². The Hall–Kier alpha value is -0.780. The summed E-state index contributed by atoms with van der Waals surface area (Å²) in [6.07, 6.45) is 0.558. The number of hydrogen-bond acceptors (Lipinski definition) is 3. The molecule has 0 bridgehead atoms. The first-order valence-corrected chi connectivity index (χ1v) is 6.51. The third kappa shape index (κ3) is 1.47. The minimum Gasteiger partial charge on any atom is -0.336 e. The maximum atomic E-state index is 11.4. The molecule has 1 N–H and O–H groups in total. The molecular weight excluding hydrogens is 204 g/mol. The van der Waals surface area contributed by atoms with Gasteiger partial charge in [0.25, 0.3) is 0 Å². The van der Waals surface area contributed by atoms with E-state index in [4.69, 9.17) is 0 Å². The lowest BCUT2D eigenvalue weighted by molar-refractivity contribution is 0.164. The molecule has 0 saturated carbocycles. The summed E-state index contributed by atoms with van der Waals surface area (Å²) < 4.78 is 22.7. The highest BCUT2D eigenvalue weighted by Crippen LogP contribution is 2.30. The molecule has 1 unspecified atom stereocenters. The lowest BCUT2D eigenvalue weighted by atomic mass is 10.0. The molecule has 6 heteroatoms. The van der Waals surface area contributed by atoms with Gasteiger partial charge in [0, 0.05) is 13.1 Å². The fourth-order valence-corrected chi connectivity index (χ4v) is 4.34. The van der Waals surface area contributed by atoms with Gasteiger partial charge in [-0.05, 0) is 13.3 Å². The number of amides is 2. The van der Waals surface area contributed by atoms with Crippen LogP contribution in [0.25, 0.3) is 0 Å². The van der Waals surface area contributed by atoms with Gasteiger partial charge in [-0.3, -0.25) is 0 Å². The summed E-state index contributed by atoms with van der Waals surface area (Å²) in [6, 6.07) is -0.135. The monoisotopic (exact) mass is 218 g/mol. The molecule has 2 rings (SSSR count). The van der Waals surface area contributed by atoms with Crippen molar-refractivity contribution in [2.24, 2.45) is 0 Å². The van der Waals surface area contributed by atoms with E-state index < -0.39 is 15.4 Å². The van der Waals surface area contributed by atoms with Gasteiger partial charge >= 0.3 is 6.03 Å². The third-order valence-electron chi connectivity index (χ3n) is 2.99. The molecule has 2 amide bonds. The van der Waals surface area contributed by atoms with E-state index in [1.54, 1.807) is 4.90 Å². The van der Waals surface area contributed by atoms with Crippen molar-refractivity contribution in [3.05, 3.63) is 0 Å². The molecule has 1 atom stereocenters. The van der Waals surface area contributed by atoms with Crippen molar-refractivity contribution in [2.45, 2.75) is 18.9 Å². The standard InChI is InChI=1S/C8H14N2O3S/c1-8(2-5-14(12,13)6-8)10-4-3-9-7(10)11/h2-6H2,1H3,(H,9,11). The van der Waals surface area contributed by atoms with E-state index in [2.05, 4.69) is 5.32 Å². The Morgan fingerprint density at radius 1 is 1.50 bits per heavy atom. The zero-order valence-electron chi connectivity index (χ0n) is 8.12. The number of nitrogens with zero attached hydrogens (tertiary/aromatic N) is 1. The predicted molar refractivity (Wildman–Crippen MR) is 51.8 cm³/mol. The predicted octanol–water partition coefficient (Wildman–Crippen LogP) is -0.411. The van der Waals surface area contributed by atoms with E-state index in [0.717, 1.165) is 0 Å². The molecule has 2 fully saturated rings. The van der Waals surface area contributed by atoms with Crippen LogP contribution in [0.5, 0.6) is 0 Å². The van der Waals surface area contributed by atoms with Gasteiger partial charge in [-0.25, -0.2) is 13.2 Å². The second-order valence-corrected chi connectivity index (χ2v) is 6.41.